The molecule has 0 aromatic heterocycles. The Bertz CT molecular complexity index is 635. The lowest BCUT2D eigenvalue weighted by Crippen LogP contribution is -2.47. The first-order valence-corrected chi connectivity index (χ1v) is 7.95. The van der Waals surface area contributed by atoms with Crippen molar-refractivity contribution in [2.24, 2.45) is 5.92 Å². The molecule has 0 heterocycles. The Labute approximate surface area is 125 Å². The SMILES string of the molecule is COC(=O)c1cc(S(=O)(=O)NC(C)(C)C(C)C)ccc1O. The van der Waals surface area contributed by atoms with Crippen LogP contribution in [-0.4, -0.2) is 32.1 Å². The molecule has 7 heteroatoms. The van der Waals surface area contributed by atoms with Crippen LogP contribution in [0.25, 0.3) is 0 Å². The third-order valence-corrected chi connectivity index (χ3v) is 5.19. The van der Waals surface area contributed by atoms with Gasteiger partial charge in [0.05, 0.1) is 12.0 Å². The highest BCUT2D eigenvalue weighted by Crippen LogP contribution is 2.24. The van der Waals surface area contributed by atoms with Crippen LogP contribution in [0.3, 0.4) is 0 Å². The minimum absolute atomic E-state index is 0.0736. The van der Waals surface area contributed by atoms with Crippen molar-refractivity contribution in [2.45, 2.75) is 38.1 Å². The first-order chi connectivity index (χ1) is 9.51. The molecule has 1 aromatic rings. The zero-order valence-electron chi connectivity index (χ0n) is 12.8. The molecule has 0 atom stereocenters. The summed E-state index contributed by atoms with van der Waals surface area (Å²) in [4.78, 5) is 11.4. The van der Waals surface area contributed by atoms with Gasteiger partial charge in [0, 0.05) is 5.54 Å². The lowest BCUT2D eigenvalue weighted by Gasteiger charge is -2.30. The second kappa shape index (κ2) is 6.03. The number of methoxy groups -OCH3 is 1. The van der Waals surface area contributed by atoms with E-state index in [1.165, 1.54) is 6.07 Å². The summed E-state index contributed by atoms with van der Waals surface area (Å²) in [6, 6.07) is 3.49. The molecular formula is C14H21NO5S. The number of rotatable bonds is 5. The molecule has 0 aliphatic carbocycles. The quantitative estimate of drug-likeness (QED) is 0.809. The summed E-state index contributed by atoms with van der Waals surface area (Å²) in [6.45, 7) is 7.35. The van der Waals surface area contributed by atoms with Crippen LogP contribution < -0.4 is 4.72 Å². The Morgan fingerprint density at radius 2 is 1.90 bits per heavy atom. The Morgan fingerprint density at radius 1 is 1.33 bits per heavy atom. The van der Waals surface area contributed by atoms with E-state index in [1.807, 2.05) is 13.8 Å². The lowest BCUT2D eigenvalue weighted by molar-refractivity contribution is 0.0597. The van der Waals surface area contributed by atoms with Gasteiger partial charge in [0.1, 0.15) is 11.3 Å². The minimum Gasteiger partial charge on any atom is -0.507 e. The summed E-state index contributed by atoms with van der Waals surface area (Å²) in [5, 5.41) is 9.61. The van der Waals surface area contributed by atoms with Crippen molar-refractivity contribution in [3.8, 4) is 5.75 Å². The summed E-state index contributed by atoms with van der Waals surface area (Å²) in [7, 11) is -2.66. The monoisotopic (exact) mass is 315 g/mol. The second-order valence-corrected chi connectivity index (χ2v) is 7.33. The van der Waals surface area contributed by atoms with Gasteiger partial charge in [-0.25, -0.2) is 17.9 Å². The van der Waals surface area contributed by atoms with E-state index in [2.05, 4.69) is 9.46 Å². The van der Waals surface area contributed by atoms with Gasteiger partial charge in [0.15, 0.2) is 0 Å². The number of phenols is 1. The minimum atomic E-state index is -3.81. The molecule has 0 spiro atoms. The van der Waals surface area contributed by atoms with Crippen LogP contribution in [0, 0.1) is 5.92 Å². The molecule has 118 valence electrons. The molecular weight excluding hydrogens is 294 g/mol. The summed E-state index contributed by atoms with van der Waals surface area (Å²) < 4.78 is 31.9. The van der Waals surface area contributed by atoms with E-state index in [-0.39, 0.29) is 22.1 Å². The third kappa shape index (κ3) is 3.95. The number of hydrogen-bond acceptors (Lipinski definition) is 5. The Hall–Kier alpha value is -1.60. The molecule has 1 rings (SSSR count). The maximum atomic E-state index is 12.4. The highest BCUT2D eigenvalue weighted by molar-refractivity contribution is 7.89. The summed E-state index contributed by atoms with van der Waals surface area (Å²) in [6.07, 6.45) is 0. The normalized spacial score (nSPS) is 12.5. The average Bonchev–Trinajstić information content (AvgIpc) is 2.36. The Kier molecular flexibility index (Phi) is 5.01. The fourth-order valence-electron chi connectivity index (χ4n) is 1.48. The van der Waals surface area contributed by atoms with Crippen LogP contribution in [0.2, 0.25) is 0 Å². The predicted octanol–water partition coefficient (Wildman–Crippen LogP) is 1.89. The highest BCUT2D eigenvalue weighted by Gasteiger charge is 2.29. The average molecular weight is 315 g/mol. The van der Waals surface area contributed by atoms with E-state index in [0.717, 1.165) is 19.2 Å². The molecule has 21 heavy (non-hydrogen) atoms. The van der Waals surface area contributed by atoms with Gasteiger partial charge >= 0.3 is 5.97 Å². The molecule has 2 N–H and O–H groups in total. The molecule has 6 nitrogen and oxygen atoms in total. The largest absolute Gasteiger partial charge is 0.507 e. The standard InChI is InChI=1S/C14H21NO5S/c1-9(2)14(3,4)15-21(18,19)10-6-7-12(16)11(8-10)13(17)20-5/h6-9,15-16H,1-5H3. The summed E-state index contributed by atoms with van der Waals surface area (Å²) >= 11 is 0. The van der Waals surface area contributed by atoms with Crippen LogP contribution >= 0.6 is 0 Å². The number of hydrogen-bond donors (Lipinski definition) is 2. The predicted molar refractivity (Wildman–Crippen MR) is 78.7 cm³/mol. The van der Waals surface area contributed by atoms with Gasteiger partial charge in [-0.15, -0.1) is 0 Å². The molecule has 0 unspecified atom stereocenters. The smallest absolute Gasteiger partial charge is 0.341 e. The first-order valence-electron chi connectivity index (χ1n) is 6.46. The van der Waals surface area contributed by atoms with E-state index in [4.69, 9.17) is 0 Å². The maximum Gasteiger partial charge on any atom is 0.341 e. The maximum absolute atomic E-state index is 12.4. The molecule has 0 saturated heterocycles. The van der Waals surface area contributed by atoms with Crippen molar-refractivity contribution in [3.63, 3.8) is 0 Å². The Balaban J connectivity index is 3.24. The highest BCUT2D eigenvalue weighted by atomic mass is 32.2. The van der Waals surface area contributed by atoms with Crippen molar-refractivity contribution >= 4 is 16.0 Å². The van der Waals surface area contributed by atoms with E-state index in [9.17, 15) is 18.3 Å². The van der Waals surface area contributed by atoms with Gasteiger partial charge in [-0.1, -0.05) is 13.8 Å². The molecule has 0 fully saturated rings. The van der Waals surface area contributed by atoms with Gasteiger partial charge < -0.3 is 9.84 Å². The van der Waals surface area contributed by atoms with Crippen molar-refractivity contribution in [3.05, 3.63) is 23.8 Å². The number of aromatic hydroxyl groups is 1. The molecule has 0 aliphatic heterocycles. The number of sulfonamides is 1. The second-order valence-electron chi connectivity index (χ2n) is 5.65. The lowest BCUT2D eigenvalue weighted by atomic mass is 9.92. The van der Waals surface area contributed by atoms with Gasteiger partial charge in [0.2, 0.25) is 10.0 Å². The summed E-state index contributed by atoms with van der Waals surface area (Å²) in [5.74, 6) is -1.05. The van der Waals surface area contributed by atoms with Crippen molar-refractivity contribution < 1.29 is 23.1 Å². The van der Waals surface area contributed by atoms with Crippen molar-refractivity contribution in [1.29, 1.82) is 0 Å². The number of nitrogens with one attached hydrogen (secondary N) is 1. The molecule has 0 aliphatic rings. The van der Waals surface area contributed by atoms with Crippen LogP contribution in [0.4, 0.5) is 0 Å². The zero-order chi connectivity index (χ0) is 16.4. The van der Waals surface area contributed by atoms with Crippen LogP contribution in [0.5, 0.6) is 5.75 Å². The van der Waals surface area contributed by atoms with Crippen LogP contribution in [0.15, 0.2) is 23.1 Å². The molecule has 0 radical (unpaired) electrons. The van der Waals surface area contributed by atoms with E-state index >= 15 is 0 Å². The number of benzene rings is 1. The summed E-state index contributed by atoms with van der Waals surface area (Å²) in [5.41, 5.74) is -0.843. The number of ether oxygens (including phenoxy) is 1. The molecule has 1 aromatic carbocycles. The van der Waals surface area contributed by atoms with Crippen molar-refractivity contribution in [1.82, 2.24) is 4.72 Å². The molecule has 0 amide bonds. The number of esters is 1. The Morgan fingerprint density at radius 3 is 2.38 bits per heavy atom. The zero-order valence-corrected chi connectivity index (χ0v) is 13.6. The van der Waals surface area contributed by atoms with Gasteiger partial charge in [-0.05, 0) is 38.0 Å². The molecule has 0 bridgehead atoms. The number of phenolic OH excluding ortho intramolecular Hbond substituents is 1. The number of carbonyl (C=O) groups excluding carboxylic acids is 1. The van der Waals surface area contributed by atoms with E-state index in [1.54, 1.807) is 13.8 Å². The van der Waals surface area contributed by atoms with E-state index < -0.39 is 21.5 Å². The number of carbonyl (C=O) groups is 1. The van der Waals surface area contributed by atoms with Crippen LogP contribution in [-0.2, 0) is 14.8 Å². The van der Waals surface area contributed by atoms with Gasteiger partial charge in [-0.3, -0.25) is 0 Å². The van der Waals surface area contributed by atoms with Crippen LogP contribution in [0.1, 0.15) is 38.1 Å². The third-order valence-electron chi connectivity index (χ3n) is 3.52. The first kappa shape index (κ1) is 17.5. The van der Waals surface area contributed by atoms with E-state index in [0.29, 0.717) is 0 Å². The van der Waals surface area contributed by atoms with Crippen molar-refractivity contribution in [2.75, 3.05) is 7.11 Å². The fraction of sp³-hybridized carbons (Fsp3) is 0.500. The fourth-order valence-corrected chi connectivity index (χ4v) is 3.05. The molecule has 0 saturated carbocycles. The topological polar surface area (TPSA) is 92.7 Å². The van der Waals surface area contributed by atoms with Gasteiger partial charge in [-0.2, -0.15) is 0 Å². The van der Waals surface area contributed by atoms with Gasteiger partial charge in [0.25, 0.3) is 0 Å².